The number of carbonyl (C=O) groups excluding carboxylic acids is 1. The van der Waals surface area contributed by atoms with Crippen molar-refractivity contribution in [3.63, 3.8) is 0 Å². The lowest BCUT2D eigenvalue weighted by atomic mass is 9.95. The molecule has 4 heteroatoms. The van der Waals surface area contributed by atoms with Crippen molar-refractivity contribution in [3.8, 4) is 0 Å². The van der Waals surface area contributed by atoms with E-state index in [2.05, 4.69) is 24.5 Å². The van der Waals surface area contributed by atoms with Gasteiger partial charge in [0.15, 0.2) is 0 Å². The molecule has 86 valence electrons. The first-order valence-electron chi connectivity index (χ1n) is 5.42. The van der Waals surface area contributed by atoms with Crippen molar-refractivity contribution in [1.82, 2.24) is 0 Å². The highest BCUT2D eigenvalue weighted by Crippen LogP contribution is 2.29. The van der Waals surface area contributed by atoms with Crippen LogP contribution in [0.25, 0.3) is 0 Å². The van der Waals surface area contributed by atoms with Gasteiger partial charge in [0, 0.05) is 11.6 Å². The smallest absolute Gasteiger partial charge is 0.229 e. The van der Waals surface area contributed by atoms with E-state index in [-0.39, 0.29) is 11.8 Å². The average molecular weight is 239 g/mol. The summed E-state index contributed by atoms with van der Waals surface area (Å²) in [7, 11) is 0. The number of hydrogen-bond acceptors (Lipinski definition) is 2. The Balaban J connectivity index is 2.29. The van der Waals surface area contributed by atoms with Crippen LogP contribution in [0.15, 0.2) is 18.2 Å². The van der Waals surface area contributed by atoms with E-state index >= 15 is 0 Å². The minimum absolute atomic E-state index is 0.00817. The minimum atomic E-state index is -0.00817. The molecule has 2 rings (SSSR count). The lowest BCUT2D eigenvalue weighted by molar-refractivity contribution is -0.120. The number of amides is 1. The molecule has 0 spiro atoms. The third-order valence-electron chi connectivity index (χ3n) is 2.89. The van der Waals surface area contributed by atoms with E-state index in [1.54, 1.807) is 6.07 Å². The summed E-state index contributed by atoms with van der Waals surface area (Å²) in [6.45, 7) is 4.75. The Morgan fingerprint density at radius 1 is 1.38 bits per heavy atom. The van der Waals surface area contributed by atoms with Crippen LogP contribution in [0.1, 0.15) is 13.8 Å². The second-order valence-corrected chi connectivity index (χ2v) is 4.85. The lowest BCUT2D eigenvalue weighted by Gasteiger charge is -2.16. The predicted octanol–water partition coefficient (Wildman–Crippen LogP) is 2.98. The molecule has 1 heterocycles. The molecule has 0 saturated carbocycles. The summed E-state index contributed by atoms with van der Waals surface area (Å²) in [5.74, 6) is 0.382. The van der Waals surface area contributed by atoms with Crippen LogP contribution in [0.4, 0.5) is 11.4 Å². The molecule has 1 aromatic rings. The Labute approximate surface area is 100 Å². The van der Waals surface area contributed by atoms with Crippen molar-refractivity contribution < 1.29 is 4.79 Å². The molecule has 1 amide bonds. The Morgan fingerprint density at radius 3 is 2.81 bits per heavy atom. The summed E-state index contributed by atoms with van der Waals surface area (Å²) in [6.07, 6.45) is 0. The Morgan fingerprint density at radius 2 is 2.12 bits per heavy atom. The van der Waals surface area contributed by atoms with Gasteiger partial charge in [0.25, 0.3) is 0 Å². The van der Waals surface area contributed by atoms with Gasteiger partial charge in [-0.15, -0.1) is 0 Å². The third-order valence-corrected chi connectivity index (χ3v) is 3.13. The zero-order chi connectivity index (χ0) is 11.7. The normalized spacial score (nSPS) is 19.8. The number of rotatable bonds is 1. The molecular formula is C12H15ClN2O. The molecule has 0 radical (unpaired) electrons. The summed E-state index contributed by atoms with van der Waals surface area (Å²) in [4.78, 5) is 11.9. The quantitative estimate of drug-likeness (QED) is 0.790. The Hall–Kier alpha value is -1.22. The van der Waals surface area contributed by atoms with Gasteiger partial charge in [0.05, 0.1) is 17.3 Å². The van der Waals surface area contributed by atoms with E-state index in [4.69, 9.17) is 11.6 Å². The molecule has 1 aliphatic rings. The fourth-order valence-corrected chi connectivity index (χ4v) is 2.02. The number of halogens is 1. The van der Waals surface area contributed by atoms with Crippen LogP contribution in [-0.2, 0) is 4.79 Å². The van der Waals surface area contributed by atoms with Crippen LogP contribution in [-0.4, -0.2) is 12.5 Å². The number of benzene rings is 1. The molecule has 0 saturated heterocycles. The van der Waals surface area contributed by atoms with Gasteiger partial charge in [-0.25, -0.2) is 0 Å². The van der Waals surface area contributed by atoms with Crippen LogP contribution in [0, 0.1) is 11.8 Å². The standard InChI is InChI=1S/C12H15ClN2O/c1-7(2)9-6-14-11-5-8(13)3-4-10(11)15-12(9)16/h3-5,7,9,14H,6H2,1-2H3,(H,15,16). The molecular weight excluding hydrogens is 224 g/mol. The second kappa shape index (κ2) is 4.34. The Bertz CT molecular complexity index is 417. The van der Waals surface area contributed by atoms with Gasteiger partial charge >= 0.3 is 0 Å². The van der Waals surface area contributed by atoms with Crippen molar-refractivity contribution >= 4 is 28.9 Å². The van der Waals surface area contributed by atoms with Gasteiger partial charge < -0.3 is 10.6 Å². The summed E-state index contributed by atoms with van der Waals surface area (Å²) < 4.78 is 0. The van der Waals surface area contributed by atoms with Crippen LogP contribution in [0.2, 0.25) is 5.02 Å². The highest BCUT2D eigenvalue weighted by atomic mass is 35.5. The number of fused-ring (bicyclic) bond motifs is 1. The average Bonchev–Trinajstić information content (AvgIpc) is 2.36. The largest absolute Gasteiger partial charge is 0.383 e. The molecule has 1 aromatic carbocycles. The SMILES string of the molecule is CC(C)C1CNc2cc(Cl)ccc2NC1=O. The Kier molecular flexibility index (Phi) is 3.06. The number of anilines is 2. The van der Waals surface area contributed by atoms with Gasteiger partial charge in [0.1, 0.15) is 0 Å². The summed E-state index contributed by atoms with van der Waals surface area (Å²) >= 11 is 5.91. The summed E-state index contributed by atoms with van der Waals surface area (Å²) in [5.41, 5.74) is 1.70. The number of carbonyl (C=O) groups is 1. The molecule has 0 bridgehead atoms. The monoisotopic (exact) mass is 238 g/mol. The van der Waals surface area contributed by atoms with Gasteiger partial charge in [-0.2, -0.15) is 0 Å². The number of nitrogens with one attached hydrogen (secondary N) is 2. The molecule has 3 nitrogen and oxygen atoms in total. The first-order chi connectivity index (χ1) is 7.58. The summed E-state index contributed by atoms with van der Waals surface area (Å²) in [6, 6.07) is 5.43. The van der Waals surface area contributed by atoms with E-state index in [0.717, 1.165) is 11.4 Å². The zero-order valence-corrected chi connectivity index (χ0v) is 10.1. The van der Waals surface area contributed by atoms with Crippen LogP contribution >= 0.6 is 11.6 Å². The van der Waals surface area contributed by atoms with Crippen LogP contribution in [0.3, 0.4) is 0 Å². The van der Waals surface area contributed by atoms with E-state index in [1.807, 2.05) is 12.1 Å². The molecule has 1 aliphatic heterocycles. The fraction of sp³-hybridized carbons (Fsp3) is 0.417. The maximum atomic E-state index is 11.9. The van der Waals surface area contributed by atoms with E-state index in [9.17, 15) is 4.79 Å². The fourth-order valence-electron chi connectivity index (χ4n) is 1.85. The third kappa shape index (κ3) is 2.14. The molecule has 2 N–H and O–H groups in total. The molecule has 1 unspecified atom stereocenters. The number of hydrogen-bond donors (Lipinski definition) is 2. The van der Waals surface area contributed by atoms with E-state index < -0.39 is 0 Å². The van der Waals surface area contributed by atoms with Gasteiger partial charge in [-0.3, -0.25) is 4.79 Å². The van der Waals surface area contributed by atoms with E-state index in [0.29, 0.717) is 17.5 Å². The molecule has 0 fully saturated rings. The molecule has 16 heavy (non-hydrogen) atoms. The van der Waals surface area contributed by atoms with Crippen LogP contribution < -0.4 is 10.6 Å². The van der Waals surface area contributed by atoms with Crippen molar-refractivity contribution in [1.29, 1.82) is 0 Å². The van der Waals surface area contributed by atoms with Crippen molar-refractivity contribution in [2.45, 2.75) is 13.8 Å². The van der Waals surface area contributed by atoms with Gasteiger partial charge in [0.2, 0.25) is 5.91 Å². The minimum Gasteiger partial charge on any atom is -0.383 e. The van der Waals surface area contributed by atoms with Crippen molar-refractivity contribution in [2.24, 2.45) is 11.8 Å². The van der Waals surface area contributed by atoms with Gasteiger partial charge in [-0.1, -0.05) is 25.4 Å². The van der Waals surface area contributed by atoms with Crippen LogP contribution in [0.5, 0.6) is 0 Å². The van der Waals surface area contributed by atoms with Gasteiger partial charge in [-0.05, 0) is 24.1 Å². The highest BCUT2D eigenvalue weighted by Gasteiger charge is 2.25. The first kappa shape index (κ1) is 11.3. The maximum absolute atomic E-state index is 11.9. The topological polar surface area (TPSA) is 41.1 Å². The lowest BCUT2D eigenvalue weighted by Crippen LogP contribution is -2.29. The van der Waals surface area contributed by atoms with Crippen molar-refractivity contribution in [2.75, 3.05) is 17.2 Å². The molecule has 0 aliphatic carbocycles. The van der Waals surface area contributed by atoms with Crippen molar-refractivity contribution in [3.05, 3.63) is 23.2 Å². The highest BCUT2D eigenvalue weighted by molar-refractivity contribution is 6.31. The summed E-state index contributed by atoms with van der Waals surface area (Å²) in [5, 5.41) is 6.85. The second-order valence-electron chi connectivity index (χ2n) is 4.41. The first-order valence-corrected chi connectivity index (χ1v) is 5.80. The van der Waals surface area contributed by atoms with E-state index in [1.165, 1.54) is 0 Å². The zero-order valence-electron chi connectivity index (χ0n) is 9.38. The molecule has 0 aromatic heterocycles. The maximum Gasteiger partial charge on any atom is 0.229 e. The predicted molar refractivity (Wildman–Crippen MR) is 66.9 cm³/mol. The molecule has 1 atom stereocenters.